The van der Waals surface area contributed by atoms with Crippen LogP contribution in [0.25, 0.3) is 6.08 Å². The minimum Gasteiger partial charge on any atom is -0.452 e. The maximum atomic E-state index is 13.0. The number of halogens is 1. The van der Waals surface area contributed by atoms with Crippen molar-refractivity contribution in [1.29, 1.82) is 0 Å². The Hall–Kier alpha value is -2.17. The molecule has 0 atom stereocenters. The molecule has 0 aliphatic heterocycles. The van der Waals surface area contributed by atoms with Crippen LogP contribution in [0.1, 0.15) is 37.7 Å². The lowest BCUT2D eigenvalue weighted by Crippen LogP contribution is -2.38. The van der Waals surface area contributed by atoms with Gasteiger partial charge in [-0.3, -0.25) is 4.79 Å². The van der Waals surface area contributed by atoms with Crippen LogP contribution in [0.5, 0.6) is 0 Å². The van der Waals surface area contributed by atoms with Crippen molar-refractivity contribution in [3.8, 4) is 0 Å². The number of rotatable bonds is 5. The van der Waals surface area contributed by atoms with E-state index < -0.39 is 5.97 Å². The molecule has 1 aromatic carbocycles. The summed E-state index contributed by atoms with van der Waals surface area (Å²) >= 11 is 0. The maximum absolute atomic E-state index is 13.0. The number of esters is 1. The quantitative estimate of drug-likeness (QED) is 0.672. The minimum absolute atomic E-state index is 0.197. The van der Waals surface area contributed by atoms with E-state index in [1.807, 2.05) is 0 Å². The van der Waals surface area contributed by atoms with E-state index in [1.54, 1.807) is 12.1 Å². The molecule has 0 spiro atoms. The average molecular weight is 305 g/mol. The van der Waals surface area contributed by atoms with Crippen molar-refractivity contribution in [2.45, 2.75) is 38.1 Å². The van der Waals surface area contributed by atoms with Gasteiger partial charge in [-0.25, -0.2) is 9.18 Å². The summed E-state index contributed by atoms with van der Waals surface area (Å²) in [4.78, 5) is 23.2. The molecule has 118 valence electrons. The standard InChI is InChI=1S/C17H20FNO3/c18-14-6-4-5-13(11-14)9-10-17(21)22-12-16(20)19-15-7-2-1-3-8-15/h4-6,9-11,15H,1-3,7-8,12H2,(H,19,20)/b10-9+. The fourth-order valence-electron chi connectivity index (χ4n) is 2.48. The van der Waals surface area contributed by atoms with Crippen molar-refractivity contribution in [3.05, 3.63) is 41.7 Å². The van der Waals surface area contributed by atoms with Crippen LogP contribution >= 0.6 is 0 Å². The SMILES string of the molecule is O=C(COC(=O)/C=C/c1cccc(F)c1)NC1CCCCC1. The molecule has 1 fully saturated rings. The summed E-state index contributed by atoms with van der Waals surface area (Å²) in [7, 11) is 0. The zero-order valence-electron chi connectivity index (χ0n) is 12.4. The van der Waals surface area contributed by atoms with E-state index in [0.717, 1.165) is 25.7 Å². The first-order valence-electron chi connectivity index (χ1n) is 7.53. The smallest absolute Gasteiger partial charge is 0.331 e. The Kier molecular flexibility index (Phi) is 6.13. The molecule has 1 aromatic rings. The van der Waals surface area contributed by atoms with Gasteiger partial charge in [0.2, 0.25) is 0 Å². The molecule has 0 saturated heterocycles. The minimum atomic E-state index is -0.622. The van der Waals surface area contributed by atoms with Crippen molar-refractivity contribution in [2.75, 3.05) is 6.61 Å². The fourth-order valence-corrected chi connectivity index (χ4v) is 2.48. The molecule has 1 aliphatic rings. The second-order valence-corrected chi connectivity index (χ2v) is 5.40. The predicted molar refractivity (Wildman–Crippen MR) is 81.4 cm³/mol. The van der Waals surface area contributed by atoms with Crippen LogP contribution in [0, 0.1) is 5.82 Å². The van der Waals surface area contributed by atoms with E-state index in [-0.39, 0.29) is 24.4 Å². The highest BCUT2D eigenvalue weighted by Gasteiger charge is 2.16. The van der Waals surface area contributed by atoms with Crippen LogP contribution < -0.4 is 5.32 Å². The van der Waals surface area contributed by atoms with E-state index in [1.165, 1.54) is 30.7 Å². The van der Waals surface area contributed by atoms with Crippen LogP contribution in [0.4, 0.5) is 4.39 Å². The third kappa shape index (κ3) is 5.68. The highest BCUT2D eigenvalue weighted by molar-refractivity contribution is 5.89. The number of nitrogens with one attached hydrogen (secondary N) is 1. The first-order valence-corrected chi connectivity index (χ1v) is 7.53. The number of hydrogen-bond donors (Lipinski definition) is 1. The maximum Gasteiger partial charge on any atom is 0.331 e. The Morgan fingerprint density at radius 1 is 1.27 bits per heavy atom. The zero-order valence-corrected chi connectivity index (χ0v) is 12.4. The molecule has 2 rings (SSSR count). The number of amides is 1. The molecule has 0 unspecified atom stereocenters. The molecule has 0 radical (unpaired) electrons. The summed E-state index contributed by atoms with van der Waals surface area (Å²) in [6, 6.07) is 6.05. The number of hydrogen-bond acceptors (Lipinski definition) is 3. The van der Waals surface area contributed by atoms with Crippen LogP contribution in [0.15, 0.2) is 30.3 Å². The third-order valence-corrected chi connectivity index (χ3v) is 3.58. The van der Waals surface area contributed by atoms with Crippen molar-refractivity contribution in [3.63, 3.8) is 0 Å². The van der Waals surface area contributed by atoms with Gasteiger partial charge in [0.15, 0.2) is 6.61 Å². The van der Waals surface area contributed by atoms with Gasteiger partial charge >= 0.3 is 5.97 Å². The van der Waals surface area contributed by atoms with Crippen molar-refractivity contribution >= 4 is 18.0 Å². The first-order chi connectivity index (χ1) is 10.6. The van der Waals surface area contributed by atoms with Gasteiger partial charge in [-0.1, -0.05) is 31.4 Å². The first kappa shape index (κ1) is 16.2. The third-order valence-electron chi connectivity index (χ3n) is 3.58. The average Bonchev–Trinajstić information content (AvgIpc) is 2.52. The second kappa shape index (κ2) is 8.32. The van der Waals surface area contributed by atoms with Crippen LogP contribution in [0.3, 0.4) is 0 Å². The monoisotopic (exact) mass is 305 g/mol. The van der Waals surface area contributed by atoms with Crippen LogP contribution in [-0.2, 0) is 14.3 Å². The van der Waals surface area contributed by atoms with Gasteiger partial charge in [-0.2, -0.15) is 0 Å². The number of carbonyl (C=O) groups excluding carboxylic acids is 2. The van der Waals surface area contributed by atoms with Gasteiger partial charge in [0.05, 0.1) is 0 Å². The number of carbonyl (C=O) groups is 2. The molecule has 5 heteroatoms. The van der Waals surface area contributed by atoms with Gasteiger partial charge in [-0.05, 0) is 36.6 Å². The number of benzene rings is 1. The van der Waals surface area contributed by atoms with E-state index in [4.69, 9.17) is 4.74 Å². The summed E-state index contributed by atoms with van der Waals surface area (Å²) < 4.78 is 17.8. The summed E-state index contributed by atoms with van der Waals surface area (Å²) in [5.74, 6) is -1.27. The van der Waals surface area contributed by atoms with Gasteiger partial charge < -0.3 is 10.1 Å². The molecule has 22 heavy (non-hydrogen) atoms. The lowest BCUT2D eigenvalue weighted by atomic mass is 9.95. The predicted octanol–water partition coefficient (Wildman–Crippen LogP) is 2.83. The largest absolute Gasteiger partial charge is 0.452 e. The lowest BCUT2D eigenvalue weighted by Gasteiger charge is -2.22. The van der Waals surface area contributed by atoms with Gasteiger partial charge in [0.1, 0.15) is 5.82 Å². The lowest BCUT2D eigenvalue weighted by molar-refractivity contribution is -0.144. The fraction of sp³-hybridized carbons (Fsp3) is 0.412. The van der Waals surface area contributed by atoms with Gasteiger partial charge in [0, 0.05) is 12.1 Å². The Labute approximate surface area is 129 Å². The van der Waals surface area contributed by atoms with E-state index in [9.17, 15) is 14.0 Å². The van der Waals surface area contributed by atoms with E-state index in [0.29, 0.717) is 5.56 Å². The summed E-state index contributed by atoms with van der Waals surface area (Å²) in [6.07, 6.45) is 8.07. The van der Waals surface area contributed by atoms with Gasteiger partial charge in [0.25, 0.3) is 5.91 Å². The molecule has 1 N–H and O–H groups in total. The van der Waals surface area contributed by atoms with Crippen LogP contribution in [0.2, 0.25) is 0 Å². The van der Waals surface area contributed by atoms with Crippen molar-refractivity contribution in [2.24, 2.45) is 0 Å². The molecule has 1 saturated carbocycles. The van der Waals surface area contributed by atoms with Crippen LogP contribution in [-0.4, -0.2) is 24.5 Å². The van der Waals surface area contributed by atoms with E-state index in [2.05, 4.69) is 5.32 Å². The topological polar surface area (TPSA) is 55.4 Å². The highest BCUT2D eigenvalue weighted by Crippen LogP contribution is 2.17. The Bertz CT molecular complexity index is 551. The molecule has 1 amide bonds. The Balaban J connectivity index is 1.71. The molecular formula is C17H20FNO3. The normalized spacial score (nSPS) is 15.7. The second-order valence-electron chi connectivity index (χ2n) is 5.40. The Morgan fingerprint density at radius 3 is 2.77 bits per heavy atom. The molecule has 4 nitrogen and oxygen atoms in total. The Morgan fingerprint density at radius 2 is 2.05 bits per heavy atom. The molecule has 0 heterocycles. The summed E-state index contributed by atoms with van der Waals surface area (Å²) in [5.41, 5.74) is 0.559. The zero-order chi connectivity index (χ0) is 15.8. The molecule has 0 bridgehead atoms. The van der Waals surface area contributed by atoms with Crippen molar-refractivity contribution < 1.29 is 18.7 Å². The molecule has 1 aliphatic carbocycles. The van der Waals surface area contributed by atoms with Gasteiger partial charge in [-0.15, -0.1) is 0 Å². The summed E-state index contributed by atoms with van der Waals surface area (Å²) in [5, 5.41) is 2.87. The summed E-state index contributed by atoms with van der Waals surface area (Å²) in [6.45, 7) is -0.289. The van der Waals surface area contributed by atoms with E-state index >= 15 is 0 Å². The molecule has 0 aromatic heterocycles. The molecular weight excluding hydrogens is 285 g/mol. The highest BCUT2D eigenvalue weighted by atomic mass is 19.1. The number of ether oxygens (including phenoxy) is 1. The van der Waals surface area contributed by atoms with Crippen molar-refractivity contribution in [1.82, 2.24) is 5.32 Å².